The summed E-state index contributed by atoms with van der Waals surface area (Å²) in [6.45, 7) is 5.33. The van der Waals surface area contributed by atoms with Crippen LogP contribution in [-0.4, -0.2) is 30.1 Å². The number of hydrogen-bond donors (Lipinski definition) is 1. The maximum Gasteiger partial charge on any atom is 0.0332 e. The van der Waals surface area contributed by atoms with Crippen LogP contribution in [0.15, 0.2) is 0 Å². The molecule has 1 aliphatic carbocycles. The summed E-state index contributed by atoms with van der Waals surface area (Å²) < 4.78 is 0. The van der Waals surface area contributed by atoms with E-state index >= 15 is 0 Å². The molecular weight excluding hydrogens is 136 g/mol. The third-order valence-electron chi connectivity index (χ3n) is 3.21. The van der Waals surface area contributed by atoms with E-state index < -0.39 is 0 Å². The lowest BCUT2D eigenvalue weighted by Crippen LogP contribution is -2.44. The van der Waals surface area contributed by atoms with Crippen molar-refractivity contribution in [2.45, 2.75) is 44.7 Å². The highest BCUT2D eigenvalue weighted by Crippen LogP contribution is 2.41. The predicted molar refractivity (Wildman–Crippen MR) is 48.5 cm³/mol. The predicted octanol–water partition coefficient (Wildman–Crippen LogP) is 1.21. The van der Waals surface area contributed by atoms with Gasteiger partial charge in [0.05, 0.1) is 0 Å². The molecule has 0 aromatic rings. The molecule has 0 spiro atoms. The molecule has 0 radical (unpaired) electrons. The monoisotopic (exact) mass is 156 g/mol. The Hall–Kier alpha value is -0.0800. The molecule has 0 aliphatic heterocycles. The molecule has 2 nitrogen and oxygen atoms in total. The summed E-state index contributed by atoms with van der Waals surface area (Å²) in [6.07, 6.45) is 3.81. The summed E-state index contributed by atoms with van der Waals surface area (Å²) in [4.78, 5) is 2.45. The maximum atomic E-state index is 5.72. The zero-order chi connectivity index (χ0) is 8.48. The Morgan fingerprint density at radius 2 is 2.09 bits per heavy atom. The van der Waals surface area contributed by atoms with E-state index in [9.17, 15) is 0 Å². The van der Waals surface area contributed by atoms with Crippen LogP contribution < -0.4 is 5.73 Å². The highest BCUT2D eigenvalue weighted by Gasteiger charge is 2.45. The Morgan fingerprint density at radius 1 is 1.55 bits per heavy atom. The highest BCUT2D eigenvalue weighted by atomic mass is 15.2. The second kappa shape index (κ2) is 3.11. The van der Waals surface area contributed by atoms with E-state index in [1.807, 2.05) is 0 Å². The van der Waals surface area contributed by atoms with E-state index in [0.717, 1.165) is 6.54 Å². The van der Waals surface area contributed by atoms with Gasteiger partial charge in [-0.05, 0) is 33.2 Å². The third kappa shape index (κ3) is 1.57. The zero-order valence-electron chi connectivity index (χ0n) is 7.93. The van der Waals surface area contributed by atoms with Crippen molar-refractivity contribution in [2.75, 3.05) is 13.6 Å². The van der Waals surface area contributed by atoms with Gasteiger partial charge in [-0.15, -0.1) is 0 Å². The molecule has 0 heterocycles. The second-order valence-corrected chi connectivity index (χ2v) is 3.80. The van der Waals surface area contributed by atoms with Crippen LogP contribution in [0.3, 0.4) is 0 Å². The van der Waals surface area contributed by atoms with Crippen molar-refractivity contribution in [1.82, 2.24) is 4.90 Å². The number of likely N-dealkylation sites (N-methyl/N-ethyl adjacent to an activating group) is 1. The number of nitrogens with zero attached hydrogens (tertiary/aromatic N) is 1. The van der Waals surface area contributed by atoms with Gasteiger partial charge in [0.15, 0.2) is 0 Å². The Morgan fingerprint density at radius 3 is 2.36 bits per heavy atom. The molecule has 0 bridgehead atoms. The first-order valence-electron chi connectivity index (χ1n) is 4.59. The van der Waals surface area contributed by atoms with E-state index in [0.29, 0.717) is 11.6 Å². The fourth-order valence-electron chi connectivity index (χ4n) is 1.59. The van der Waals surface area contributed by atoms with Crippen LogP contribution in [0.1, 0.15) is 33.1 Å². The minimum Gasteiger partial charge on any atom is -0.329 e. The van der Waals surface area contributed by atoms with E-state index in [4.69, 9.17) is 5.73 Å². The van der Waals surface area contributed by atoms with Gasteiger partial charge in [-0.3, -0.25) is 4.90 Å². The number of rotatable bonds is 4. The van der Waals surface area contributed by atoms with Gasteiger partial charge in [0.25, 0.3) is 0 Å². The minimum atomic E-state index is 0.384. The molecule has 0 aromatic heterocycles. The maximum absolute atomic E-state index is 5.72. The van der Waals surface area contributed by atoms with Crippen molar-refractivity contribution in [1.29, 1.82) is 0 Å². The standard InChI is InChI=1S/C9H20N2/c1-4-8(2)11(3)9(7-10)5-6-9/h8H,4-7,10H2,1-3H3. The molecule has 11 heavy (non-hydrogen) atoms. The quantitative estimate of drug-likeness (QED) is 0.663. The van der Waals surface area contributed by atoms with Crippen molar-refractivity contribution in [3.63, 3.8) is 0 Å². The Labute approximate surface area is 69.8 Å². The van der Waals surface area contributed by atoms with Crippen molar-refractivity contribution in [2.24, 2.45) is 5.73 Å². The van der Waals surface area contributed by atoms with E-state index in [2.05, 4.69) is 25.8 Å². The van der Waals surface area contributed by atoms with Gasteiger partial charge < -0.3 is 5.73 Å². The topological polar surface area (TPSA) is 29.3 Å². The van der Waals surface area contributed by atoms with E-state index in [1.165, 1.54) is 19.3 Å². The molecule has 1 rings (SSSR count). The van der Waals surface area contributed by atoms with Crippen LogP contribution in [-0.2, 0) is 0 Å². The molecule has 1 fully saturated rings. The average molecular weight is 156 g/mol. The highest BCUT2D eigenvalue weighted by molar-refractivity contribution is 5.04. The largest absolute Gasteiger partial charge is 0.329 e. The van der Waals surface area contributed by atoms with Gasteiger partial charge in [0.1, 0.15) is 0 Å². The molecule has 1 atom stereocenters. The Kier molecular flexibility index (Phi) is 2.55. The molecule has 0 amide bonds. The third-order valence-corrected chi connectivity index (χ3v) is 3.21. The molecule has 0 aromatic carbocycles. The number of nitrogens with two attached hydrogens (primary N) is 1. The summed E-state index contributed by atoms with van der Waals surface area (Å²) in [5.74, 6) is 0. The lowest BCUT2D eigenvalue weighted by molar-refractivity contribution is 0.166. The van der Waals surface area contributed by atoms with Gasteiger partial charge in [0.2, 0.25) is 0 Å². The van der Waals surface area contributed by atoms with Crippen molar-refractivity contribution >= 4 is 0 Å². The molecule has 1 unspecified atom stereocenters. The molecule has 66 valence electrons. The average Bonchev–Trinajstić information content (AvgIpc) is 2.82. The van der Waals surface area contributed by atoms with Crippen LogP contribution >= 0.6 is 0 Å². The summed E-state index contributed by atoms with van der Waals surface area (Å²) in [6, 6.07) is 0.682. The Bertz CT molecular complexity index is 130. The number of hydrogen-bond acceptors (Lipinski definition) is 2. The van der Waals surface area contributed by atoms with Crippen LogP contribution in [0.5, 0.6) is 0 Å². The summed E-state index contributed by atoms with van der Waals surface area (Å²) in [5.41, 5.74) is 6.10. The second-order valence-electron chi connectivity index (χ2n) is 3.80. The van der Waals surface area contributed by atoms with E-state index in [1.54, 1.807) is 0 Å². The van der Waals surface area contributed by atoms with Gasteiger partial charge in [0, 0.05) is 18.1 Å². The van der Waals surface area contributed by atoms with Crippen molar-refractivity contribution in [3.05, 3.63) is 0 Å². The molecule has 0 saturated heterocycles. The SMILES string of the molecule is CCC(C)N(C)C1(CN)CC1. The van der Waals surface area contributed by atoms with Crippen LogP contribution in [0.25, 0.3) is 0 Å². The Balaban J connectivity index is 2.46. The van der Waals surface area contributed by atoms with E-state index in [-0.39, 0.29) is 0 Å². The molecule has 2 heteroatoms. The summed E-state index contributed by atoms with van der Waals surface area (Å²) in [7, 11) is 2.20. The van der Waals surface area contributed by atoms with Gasteiger partial charge in [-0.1, -0.05) is 6.92 Å². The normalized spacial score (nSPS) is 23.7. The summed E-state index contributed by atoms with van der Waals surface area (Å²) in [5, 5.41) is 0. The lowest BCUT2D eigenvalue weighted by atomic mass is 10.1. The molecular formula is C9H20N2. The van der Waals surface area contributed by atoms with Crippen molar-refractivity contribution in [3.8, 4) is 0 Å². The first-order valence-corrected chi connectivity index (χ1v) is 4.59. The van der Waals surface area contributed by atoms with Crippen LogP contribution in [0, 0.1) is 0 Å². The minimum absolute atomic E-state index is 0.384. The van der Waals surface area contributed by atoms with Gasteiger partial charge in [-0.2, -0.15) is 0 Å². The lowest BCUT2D eigenvalue weighted by Gasteiger charge is -2.32. The first-order chi connectivity index (χ1) is 5.16. The first kappa shape index (κ1) is 9.01. The van der Waals surface area contributed by atoms with Crippen LogP contribution in [0.4, 0.5) is 0 Å². The fourth-order valence-corrected chi connectivity index (χ4v) is 1.59. The van der Waals surface area contributed by atoms with Gasteiger partial charge in [-0.25, -0.2) is 0 Å². The van der Waals surface area contributed by atoms with Crippen molar-refractivity contribution < 1.29 is 0 Å². The molecule has 2 N–H and O–H groups in total. The fraction of sp³-hybridized carbons (Fsp3) is 1.00. The summed E-state index contributed by atoms with van der Waals surface area (Å²) >= 11 is 0. The zero-order valence-corrected chi connectivity index (χ0v) is 7.93. The van der Waals surface area contributed by atoms with Crippen LogP contribution in [0.2, 0.25) is 0 Å². The smallest absolute Gasteiger partial charge is 0.0332 e. The molecule has 1 saturated carbocycles. The van der Waals surface area contributed by atoms with Gasteiger partial charge >= 0.3 is 0 Å². The molecule has 1 aliphatic rings.